The Morgan fingerprint density at radius 3 is 2.37 bits per heavy atom. The summed E-state index contributed by atoms with van der Waals surface area (Å²) in [7, 11) is 0. The van der Waals surface area contributed by atoms with Crippen LogP contribution in [0.1, 0.15) is 54.1 Å². The molecule has 0 aliphatic heterocycles. The fraction of sp³-hybridized carbons (Fsp3) is 0.667. The molecule has 19 heavy (non-hydrogen) atoms. The summed E-state index contributed by atoms with van der Waals surface area (Å²) in [5.74, 6) is 2.11. The third kappa shape index (κ3) is 4.27. The minimum atomic E-state index is -0.0502. The lowest BCUT2D eigenvalue weighted by atomic mass is 9.88. The first-order valence-electron chi connectivity index (χ1n) is 6.69. The van der Waals surface area contributed by atoms with Crippen LogP contribution in [0, 0.1) is 26.2 Å². The molecule has 0 spiro atoms. The number of furan rings is 1. The van der Waals surface area contributed by atoms with Crippen LogP contribution in [0.2, 0.25) is 0 Å². The van der Waals surface area contributed by atoms with Gasteiger partial charge in [-0.1, -0.05) is 13.8 Å². The number of hydrogen-bond donors (Lipinski definition) is 1. The monoisotopic (exact) mass is 285 g/mol. The van der Waals surface area contributed by atoms with Crippen molar-refractivity contribution in [2.24, 2.45) is 5.41 Å². The van der Waals surface area contributed by atoms with Crippen molar-refractivity contribution in [1.82, 2.24) is 5.32 Å². The number of carbonyl (C=O) groups is 1. The number of nitrogens with one attached hydrogen (secondary N) is 1. The maximum atomic E-state index is 12.2. The molecule has 0 saturated heterocycles. The first kappa shape index (κ1) is 16.1. The van der Waals surface area contributed by atoms with E-state index in [1.54, 1.807) is 0 Å². The molecule has 1 aromatic heterocycles. The van der Waals surface area contributed by atoms with Crippen molar-refractivity contribution in [3.05, 3.63) is 22.6 Å². The van der Waals surface area contributed by atoms with Crippen molar-refractivity contribution < 1.29 is 9.21 Å². The molecule has 0 saturated carbocycles. The van der Waals surface area contributed by atoms with Crippen LogP contribution in [-0.2, 0) is 0 Å². The SMILES string of the molecule is Cc1oc(C)c(C(=O)NCC(C)(C)CCCCl)c1C. The zero-order valence-electron chi connectivity index (χ0n) is 12.5. The molecule has 3 nitrogen and oxygen atoms in total. The highest BCUT2D eigenvalue weighted by Crippen LogP contribution is 2.23. The van der Waals surface area contributed by atoms with E-state index in [9.17, 15) is 4.79 Å². The van der Waals surface area contributed by atoms with Gasteiger partial charge >= 0.3 is 0 Å². The number of amides is 1. The third-order valence-corrected chi connectivity index (χ3v) is 3.77. The second-order valence-electron chi connectivity index (χ2n) is 5.85. The Bertz CT molecular complexity index is 449. The van der Waals surface area contributed by atoms with Crippen LogP contribution in [0.4, 0.5) is 0 Å². The first-order valence-corrected chi connectivity index (χ1v) is 7.22. The van der Waals surface area contributed by atoms with Gasteiger partial charge in [0.05, 0.1) is 5.56 Å². The number of rotatable bonds is 6. The molecule has 0 aliphatic rings. The largest absolute Gasteiger partial charge is 0.466 e. The Morgan fingerprint density at radius 2 is 1.89 bits per heavy atom. The van der Waals surface area contributed by atoms with Gasteiger partial charge in [0, 0.05) is 18.0 Å². The highest BCUT2D eigenvalue weighted by atomic mass is 35.5. The standard InChI is InChI=1S/C15H24ClNO2/c1-10-11(2)19-12(3)13(10)14(18)17-9-15(4,5)7-6-8-16/h6-9H2,1-5H3,(H,17,18). The van der Waals surface area contributed by atoms with Crippen LogP contribution in [0.3, 0.4) is 0 Å². The normalized spacial score (nSPS) is 11.7. The fourth-order valence-electron chi connectivity index (χ4n) is 2.17. The maximum absolute atomic E-state index is 12.2. The van der Waals surface area contributed by atoms with Crippen molar-refractivity contribution in [3.63, 3.8) is 0 Å². The Kier molecular flexibility index (Phi) is 5.48. The second-order valence-corrected chi connectivity index (χ2v) is 6.23. The first-order chi connectivity index (χ1) is 8.78. The van der Waals surface area contributed by atoms with Crippen molar-refractivity contribution in [2.45, 2.75) is 47.5 Å². The Morgan fingerprint density at radius 1 is 1.26 bits per heavy atom. The van der Waals surface area contributed by atoms with Gasteiger partial charge in [-0.05, 0) is 39.0 Å². The lowest BCUT2D eigenvalue weighted by Crippen LogP contribution is -2.34. The van der Waals surface area contributed by atoms with E-state index in [0.29, 0.717) is 23.7 Å². The van der Waals surface area contributed by atoms with E-state index >= 15 is 0 Å². The van der Waals surface area contributed by atoms with Gasteiger partial charge in [-0.3, -0.25) is 4.79 Å². The molecular weight excluding hydrogens is 262 g/mol. The Hall–Kier alpha value is -0.960. The van der Waals surface area contributed by atoms with Crippen molar-refractivity contribution >= 4 is 17.5 Å². The van der Waals surface area contributed by atoms with Gasteiger partial charge in [-0.25, -0.2) is 0 Å². The average Bonchev–Trinajstić information content (AvgIpc) is 2.58. The summed E-state index contributed by atoms with van der Waals surface area (Å²) >= 11 is 5.71. The molecule has 1 N–H and O–H groups in total. The van der Waals surface area contributed by atoms with Gasteiger partial charge in [-0.2, -0.15) is 0 Å². The highest BCUT2D eigenvalue weighted by molar-refractivity contribution is 6.17. The Labute approximate surface area is 120 Å². The fourth-order valence-corrected chi connectivity index (χ4v) is 2.30. The van der Waals surface area contributed by atoms with E-state index in [0.717, 1.165) is 24.2 Å². The summed E-state index contributed by atoms with van der Waals surface area (Å²) in [5.41, 5.74) is 1.66. The molecule has 0 aromatic carbocycles. The topological polar surface area (TPSA) is 42.2 Å². The summed E-state index contributed by atoms with van der Waals surface area (Å²) in [6.07, 6.45) is 1.96. The molecule has 0 atom stereocenters. The highest BCUT2D eigenvalue weighted by Gasteiger charge is 2.22. The van der Waals surface area contributed by atoms with Crippen LogP contribution in [0.15, 0.2) is 4.42 Å². The second kappa shape index (κ2) is 6.47. The molecule has 0 radical (unpaired) electrons. The predicted molar refractivity (Wildman–Crippen MR) is 79.0 cm³/mol. The zero-order valence-corrected chi connectivity index (χ0v) is 13.3. The predicted octanol–water partition coefficient (Wildman–Crippen LogP) is 3.98. The van der Waals surface area contributed by atoms with E-state index in [-0.39, 0.29) is 11.3 Å². The molecule has 4 heteroatoms. The van der Waals surface area contributed by atoms with Gasteiger partial charge in [0.1, 0.15) is 11.5 Å². The number of hydrogen-bond acceptors (Lipinski definition) is 2. The van der Waals surface area contributed by atoms with Crippen molar-refractivity contribution in [1.29, 1.82) is 0 Å². The smallest absolute Gasteiger partial charge is 0.255 e. The van der Waals surface area contributed by atoms with Gasteiger partial charge in [0.15, 0.2) is 0 Å². The van der Waals surface area contributed by atoms with Gasteiger partial charge in [0.2, 0.25) is 0 Å². The summed E-state index contributed by atoms with van der Waals surface area (Å²) in [6.45, 7) is 10.5. The molecule has 0 aliphatic carbocycles. The number of halogens is 1. The lowest BCUT2D eigenvalue weighted by Gasteiger charge is -2.24. The van der Waals surface area contributed by atoms with E-state index in [1.807, 2.05) is 20.8 Å². The van der Waals surface area contributed by atoms with Crippen LogP contribution >= 0.6 is 11.6 Å². The van der Waals surface area contributed by atoms with Gasteiger partial charge in [0.25, 0.3) is 5.91 Å². The van der Waals surface area contributed by atoms with Gasteiger partial charge in [-0.15, -0.1) is 11.6 Å². The van der Waals surface area contributed by atoms with Crippen LogP contribution < -0.4 is 5.32 Å². The number of carbonyl (C=O) groups excluding carboxylic acids is 1. The lowest BCUT2D eigenvalue weighted by molar-refractivity contribution is 0.0932. The molecular formula is C15H24ClNO2. The molecule has 1 aromatic rings. The van der Waals surface area contributed by atoms with Crippen molar-refractivity contribution in [2.75, 3.05) is 12.4 Å². The quantitative estimate of drug-likeness (QED) is 0.803. The molecule has 1 rings (SSSR count). The molecule has 0 fully saturated rings. The van der Waals surface area contributed by atoms with E-state index in [4.69, 9.17) is 16.0 Å². The van der Waals surface area contributed by atoms with Gasteiger partial charge < -0.3 is 9.73 Å². The van der Waals surface area contributed by atoms with Crippen LogP contribution in [0.5, 0.6) is 0 Å². The van der Waals surface area contributed by atoms with E-state index < -0.39 is 0 Å². The van der Waals surface area contributed by atoms with E-state index in [2.05, 4.69) is 19.2 Å². The molecule has 0 unspecified atom stereocenters. The van der Waals surface area contributed by atoms with E-state index in [1.165, 1.54) is 0 Å². The number of alkyl halides is 1. The summed E-state index contributed by atoms with van der Waals surface area (Å²) < 4.78 is 5.48. The van der Waals surface area contributed by atoms with Crippen LogP contribution in [-0.4, -0.2) is 18.3 Å². The summed E-state index contributed by atoms with van der Waals surface area (Å²) in [4.78, 5) is 12.2. The Balaban J connectivity index is 2.65. The summed E-state index contributed by atoms with van der Waals surface area (Å²) in [5, 5.41) is 3.00. The molecule has 1 amide bonds. The van der Waals surface area contributed by atoms with Crippen LogP contribution in [0.25, 0.3) is 0 Å². The zero-order chi connectivity index (χ0) is 14.6. The summed E-state index contributed by atoms with van der Waals surface area (Å²) in [6, 6.07) is 0. The van der Waals surface area contributed by atoms with Crippen molar-refractivity contribution in [3.8, 4) is 0 Å². The minimum Gasteiger partial charge on any atom is -0.466 e. The maximum Gasteiger partial charge on any atom is 0.255 e. The third-order valence-electron chi connectivity index (χ3n) is 3.50. The molecule has 0 bridgehead atoms. The molecule has 1 heterocycles. The molecule has 108 valence electrons. The minimum absolute atomic E-state index is 0.0502. The number of aryl methyl sites for hydroxylation is 2. The average molecular weight is 286 g/mol.